The summed E-state index contributed by atoms with van der Waals surface area (Å²) in [5, 5.41) is 17.8. The van der Waals surface area contributed by atoms with Crippen LogP contribution in [0.1, 0.15) is 5.56 Å². The van der Waals surface area contributed by atoms with Crippen molar-refractivity contribution in [2.75, 3.05) is 0 Å². The fraction of sp³-hybridized carbons (Fsp3) is 0. The molecule has 1 aromatic rings. The molecule has 2 N–H and O–H groups in total. The van der Waals surface area contributed by atoms with Crippen LogP contribution in [0.4, 0.5) is 0 Å². The summed E-state index contributed by atoms with van der Waals surface area (Å²) in [5.41, 5.74) is 0.140. The van der Waals surface area contributed by atoms with E-state index in [9.17, 15) is 9.59 Å². The maximum atomic E-state index is 11.0. The molecule has 0 heterocycles. The van der Waals surface area contributed by atoms with E-state index in [-0.39, 0.29) is 11.1 Å². The second-order valence-electron chi connectivity index (χ2n) is 3.39. The normalized spacial score (nSPS) is 12.0. The van der Waals surface area contributed by atoms with Crippen molar-refractivity contribution < 1.29 is 19.8 Å². The molecule has 0 aliphatic heterocycles. The minimum Gasteiger partial charge on any atom is -0.478 e. The molecule has 0 unspecified atom stereocenters. The lowest BCUT2D eigenvalue weighted by molar-refractivity contribution is -0.135. The Kier molecular flexibility index (Phi) is 4.63. The Hall–Kier alpha value is -2.62. The molecule has 0 saturated carbocycles. The predicted octanol–water partition coefficient (Wildman–Crippen LogP) is 2.35. The Labute approximate surface area is 104 Å². The molecular weight excluding hydrogens is 232 g/mol. The van der Waals surface area contributed by atoms with E-state index in [1.807, 2.05) is 6.07 Å². The lowest BCUT2D eigenvalue weighted by Gasteiger charge is -2.00. The van der Waals surface area contributed by atoms with Crippen molar-refractivity contribution in [2.24, 2.45) is 0 Å². The zero-order valence-electron chi connectivity index (χ0n) is 9.54. The van der Waals surface area contributed by atoms with E-state index in [0.717, 1.165) is 11.6 Å². The van der Waals surface area contributed by atoms with Gasteiger partial charge >= 0.3 is 11.9 Å². The topological polar surface area (TPSA) is 74.6 Å². The van der Waals surface area contributed by atoms with Crippen molar-refractivity contribution in [2.45, 2.75) is 0 Å². The van der Waals surface area contributed by atoms with Gasteiger partial charge in [0.1, 0.15) is 0 Å². The number of hydrogen-bond acceptors (Lipinski definition) is 2. The first kappa shape index (κ1) is 13.4. The maximum Gasteiger partial charge on any atom is 0.336 e. The molecule has 1 aromatic carbocycles. The first-order valence-electron chi connectivity index (χ1n) is 5.12. The third-order valence-electron chi connectivity index (χ3n) is 2.20. The van der Waals surface area contributed by atoms with Crippen molar-refractivity contribution in [3.8, 4) is 0 Å². The minimum absolute atomic E-state index is 0.304. The Morgan fingerprint density at radius 2 is 1.56 bits per heavy atom. The van der Waals surface area contributed by atoms with Gasteiger partial charge in [0.15, 0.2) is 0 Å². The van der Waals surface area contributed by atoms with Crippen LogP contribution in [-0.2, 0) is 9.59 Å². The van der Waals surface area contributed by atoms with Gasteiger partial charge in [0.25, 0.3) is 0 Å². The Morgan fingerprint density at radius 1 is 1.00 bits per heavy atom. The lowest BCUT2D eigenvalue weighted by Crippen LogP contribution is -2.08. The Bertz CT molecular complexity index is 524. The van der Waals surface area contributed by atoms with Crippen LogP contribution in [0.25, 0.3) is 6.08 Å². The van der Waals surface area contributed by atoms with Gasteiger partial charge in [-0.1, -0.05) is 49.1 Å². The van der Waals surface area contributed by atoms with Gasteiger partial charge in [-0.15, -0.1) is 0 Å². The second kappa shape index (κ2) is 6.20. The zero-order valence-corrected chi connectivity index (χ0v) is 9.54. The summed E-state index contributed by atoms with van der Waals surface area (Å²) in [6.45, 7) is 3.30. The summed E-state index contributed by atoms with van der Waals surface area (Å²) >= 11 is 0. The third-order valence-corrected chi connectivity index (χ3v) is 2.20. The molecule has 0 saturated heterocycles. The average Bonchev–Trinajstić information content (AvgIpc) is 2.34. The molecule has 0 aromatic heterocycles. The number of rotatable bonds is 5. The SMILES string of the molecule is C=CC(C(=O)O)=C(C=Cc1ccccc1)C(=O)O. The molecule has 92 valence electrons. The summed E-state index contributed by atoms with van der Waals surface area (Å²) in [5.74, 6) is -2.63. The van der Waals surface area contributed by atoms with E-state index in [0.29, 0.717) is 0 Å². The number of hydrogen-bond donors (Lipinski definition) is 2. The molecular formula is C14H12O4. The van der Waals surface area contributed by atoms with E-state index >= 15 is 0 Å². The number of aliphatic carboxylic acids is 2. The second-order valence-corrected chi connectivity index (χ2v) is 3.39. The number of benzene rings is 1. The van der Waals surface area contributed by atoms with Gasteiger partial charge in [0.2, 0.25) is 0 Å². The van der Waals surface area contributed by atoms with Gasteiger partial charge in [-0.25, -0.2) is 9.59 Å². The number of carbonyl (C=O) groups is 2. The predicted molar refractivity (Wildman–Crippen MR) is 68.0 cm³/mol. The quantitative estimate of drug-likeness (QED) is 0.616. The van der Waals surface area contributed by atoms with Crippen LogP contribution in [0.5, 0.6) is 0 Å². The molecule has 18 heavy (non-hydrogen) atoms. The highest BCUT2D eigenvalue weighted by Crippen LogP contribution is 2.11. The molecule has 0 spiro atoms. The summed E-state index contributed by atoms with van der Waals surface area (Å²) in [4.78, 5) is 21.9. The van der Waals surface area contributed by atoms with E-state index in [2.05, 4.69) is 6.58 Å². The monoisotopic (exact) mass is 244 g/mol. The van der Waals surface area contributed by atoms with Gasteiger partial charge in [-0.05, 0) is 11.6 Å². The van der Waals surface area contributed by atoms with Crippen LogP contribution in [0, 0.1) is 0 Å². The smallest absolute Gasteiger partial charge is 0.336 e. The van der Waals surface area contributed by atoms with Crippen LogP contribution in [0.3, 0.4) is 0 Å². The van der Waals surface area contributed by atoms with E-state index in [1.54, 1.807) is 24.3 Å². The van der Waals surface area contributed by atoms with Crippen molar-refractivity contribution >= 4 is 18.0 Å². The van der Waals surface area contributed by atoms with Crippen LogP contribution < -0.4 is 0 Å². The molecule has 0 radical (unpaired) electrons. The highest BCUT2D eigenvalue weighted by molar-refractivity contribution is 6.03. The Balaban J connectivity index is 3.16. The molecule has 0 fully saturated rings. The van der Waals surface area contributed by atoms with Gasteiger partial charge in [0, 0.05) is 0 Å². The van der Waals surface area contributed by atoms with Crippen molar-refractivity contribution in [3.05, 3.63) is 65.8 Å². The van der Waals surface area contributed by atoms with Crippen LogP contribution >= 0.6 is 0 Å². The van der Waals surface area contributed by atoms with E-state index < -0.39 is 11.9 Å². The van der Waals surface area contributed by atoms with Crippen LogP contribution in [0.15, 0.2) is 60.2 Å². The van der Waals surface area contributed by atoms with Crippen LogP contribution in [-0.4, -0.2) is 22.2 Å². The molecule has 0 aliphatic carbocycles. The molecule has 0 aliphatic rings. The third kappa shape index (κ3) is 3.45. The maximum absolute atomic E-state index is 11.0. The molecule has 0 bridgehead atoms. The Morgan fingerprint density at radius 3 is 2.00 bits per heavy atom. The largest absolute Gasteiger partial charge is 0.478 e. The number of carboxylic acids is 2. The van der Waals surface area contributed by atoms with Crippen LogP contribution in [0.2, 0.25) is 0 Å². The highest BCUT2D eigenvalue weighted by atomic mass is 16.4. The van der Waals surface area contributed by atoms with Gasteiger partial charge in [-0.2, -0.15) is 0 Å². The van der Waals surface area contributed by atoms with Crippen molar-refractivity contribution in [3.63, 3.8) is 0 Å². The van der Waals surface area contributed by atoms with Crippen molar-refractivity contribution in [1.82, 2.24) is 0 Å². The van der Waals surface area contributed by atoms with Gasteiger partial charge in [0.05, 0.1) is 11.1 Å². The summed E-state index contributed by atoms with van der Waals surface area (Å²) < 4.78 is 0. The lowest BCUT2D eigenvalue weighted by atomic mass is 10.1. The average molecular weight is 244 g/mol. The molecule has 4 heteroatoms. The summed E-state index contributed by atoms with van der Waals surface area (Å²) in [7, 11) is 0. The summed E-state index contributed by atoms with van der Waals surface area (Å²) in [6, 6.07) is 9.00. The molecule has 4 nitrogen and oxygen atoms in total. The minimum atomic E-state index is -1.32. The van der Waals surface area contributed by atoms with E-state index in [4.69, 9.17) is 10.2 Å². The zero-order chi connectivity index (χ0) is 13.5. The van der Waals surface area contributed by atoms with Gasteiger partial charge in [-0.3, -0.25) is 0 Å². The highest BCUT2D eigenvalue weighted by Gasteiger charge is 2.14. The molecule has 1 rings (SSSR count). The molecule has 0 amide bonds. The van der Waals surface area contributed by atoms with E-state index in [1.165, 1.54) is 12.2 Å². The number of carboxylic acid groups (broad SMARTS) is 2. The fourth-order valence-electron chi connectivity index (χ4n) is 1.33. The summed E-state index contributed by atoms with van der Waals surface area (Å²) in [6.07, 6.45) is 3.81. The standard InChI is InChI=1S/C14H12O4/c1-2-11(13(15)16)12(14(17)18)9-8-10-6-4-3-5-7-10/h2-9H,1H2,(H,15,16)(H,17,18). The fourth-order valence-corrected chi connectivity index (χ4v) is 1.33. The van der Waals surface area contributed by atoms with Crippen molar-refractivity contribution in [1.29, 1.82) is 0 Å². The first-order valence-corrected chi connectivity index (χ1v) is 5.12. The first-order chi connectivity index (χ1) is 8.56. The molecule has 0 atom stereocenters. The van der Waals surface area contributed by atoms with Gasteiger partial charge < -0.3 is 10.2 Å².